The second-order valence-electron chi connectivity index (χ2n) is 6.01. The summed E-state index contributed by atoms with van der Waals surface area (Å²) in [6, 6.07) is 4.75. The van der Waals surface area contributed by atoms with E-state index in [1.54, 1.807) is 6.07 Å². The lowest BCUT2D eigenvalue weighted by Gasteiger charge is -2.29. The fourth-order valence-corrected chi connectivity index (χ4v) is 3.10. The summed E-state index contributed by atoms with van der Waals surface area (Å²) in [4.78, 5) is 35.8. The van der Waals surface area contributed by atoms with Gasteiger partial charge in [0.25, 0.3) is 17.0 Å². The molecule has 1 aromatic carbocycles. The van der Waals surface area contributed by atoms with Gasteiger partial charge in [-0.3, -0.25) is 24.6 Å². The average Bonchev–Trinajstić information content (AvgIpc) is 2.53. The number of hydrogen-bond donors (Lipinski definition) is 3. The normalized spacial score (nSPS) is 21.7. The Bertz CT molecular complexity index is 821. The Balaban J connectivity index is 1.90. The zero-order valence-electron chi connectivity index (χ0n) is 12.4. The van der Waals surface area contributed by atoms with E-state index in [9.17, 15) is 14.4 Å². The monoisotopic (exact) mass is 301 g/mol. The number of amides is 1. The highest BCUT2D eigenvalue weighted by molar-refractivity contribution is 5.98. The summed E-state index contributed by atoms with van der Waals surface area (Å²) in [6.07, 6.45) is 4.45. The van der Waals surface area contributed by atoms with E-state index >= 15 is 0 Å². The van der Waals surface area contributed by atoms with Crippen LogP contribution in [0.1, 0.15) is 43.0 Å². The minimum atomic E-state index is -0.407. The van der Waals surface area contributed by atoms with Gasteiger partial charge >= 0.3 is 0 Å². The number of rotatable bonds is 2. The van der Waals surface area contributed by atoms with Crippen molar-refractivity contribution >= 4 is 16.7 Å². The average molecular weight is 301 g/mol. The van der Waals surface area contributed by atoms with E-state index in [1.807, 2.05) is 0 Å². The number of carbonyl (C=O) groups is 1. The highest BCUT2D eigenvalue weighted by Crippen LogP contribution is 2.24. The number of fused-ring (bicyclic) bond motifs is 1. The van der Waals surface area contributed by atoms with Crippen molar-refractivity contribution in [3.05, 3.63) is 44.5 Å². The first-order chi connectivity index (χ1) is 10.6. The van der Waals surface area contributed by atoms with Crippen LogP contribution in [0.4, 0.5) is 0 Å². The molecule has 0 radical (unpaired) electrons. The van der Waals surface area contributed by atoms with Crippen molar-refractivity contribution in [1.82, 2.24) is 15.5 Å². The van der Waals surface area contributed by atoms with E-state index in [-0.39, 0.29) is 28.3 Å². The molecule has 1 aromatic heterocycles. The topological polar surface area (TPSA) is 94.8 Å². The fourth-order valence-electron chi connectivity index (χ4n) is 3.10. The third-order valence-electron chi connectivity index (χ3n) is 4.49. The predicted octanol–water partition coefficient (Wildman–Crippen LogP) is 1.52. The smallest absolute Gasteiger partial charge is 0.270 e. The lowest BCUT2D eigenvalue weighted by atomic mass is 9.86. The van der Waals surface area contributed by atoms with Crippen molar-refractivity contribution in [1.29, 1.82) is 0 Å². The largest absolute Gasteiger partial charge is 0.349 e. The van der Waals surface area contributed by atoms with Gasteiger partial charge in [0.1, 0.15) is 0 Å². The molecule has 6 nitrogen and oxygen atoms in total. The minimum Gasteiger partial charge on any atom is -0.349 e. The van der Waals surface area contributed by atoms with Crippen LogP contribution < -0.4 is 16.4 Å². The van der Waals surface area contributed by atoms with Crippen LogP contribution in [0.15, 0.2) is 27.8 Å². The van der Waals surface area contributed by atoms with E-state index < -0.39 is 5.56 Å². The summed E-state index contributed by atoms with van der Waals surface area (Å²) < 4.78 is 0. The van der Waals surface area contributed by atoms with E-state index in [0.29, 0.717) is 11.5 Å². The molecule has 1 amide bonds. The number of carbonyl (C=O) groups excluding carboxylic acids is 1. The first-order valence-electron chi connectivity index (χ1n) is 7.62. The van der Waals surface area contributed by atoms with Gasteiger partial charge in [-0.05, 0) is 37.0 Å². The third-order valence-corrected chi connectivity index (χ3v) is 4.49. The summed E-state index contributed by atoms with van der Waals surface area (Å²) in [5.74, 6) is 0.268. The SMILES string of the molecule is CC1CCCCC1NC(=O)c1ccc2c(=O)[nH][nH]c(=O)c2c1. The summed E-state index contributed by atoms with van der Waals surface area (Å²) in [5, 5.41) is 8.10. The van der Waals surface area contributed by atoms with Crippen molar-refractivity contribution in [2.24, 2.45) is 5.92 Å². The van der Waals surface area contributed by atoms with E-state index in [4.69, 9.17) is 0 Å². The standard InChI is InChI=1S/C16H19N3O3/c1-9-4-2-3-5-13(9)17-14(20)10-6-7-11-12(8-10)16(22)19-18-15(11)21/h6-9,13H,2-5H2,1H3,(H,17,20)(H,18,21)(H,19,22). The van der Waals surface area contributed by atoms with Crippen LogP contribution in [0.2, 0.25) is 0 Å². The van der Waals surface area contributed by atoms with Gasteiger partial charge in [0.2, 0.25) is 0 Å². The maximum Gasteiger partial charge on any atom is 0.270 e. The van der Waals surface area contributed by atoms with Crippen molar-refractivity contribution in [2.45, 2.75) is 38.6 Å². The molecular formula is C16H19N3O3. The summed E-state index contributed by atoms with van der Waals surface area (Å²) in [6.45, 7) is 2.15. The zero-order chi connectivity index (χ0) is 15.7. The Labute approximate surface area is 126 Å². The molecule has 2 aromatic rings. The van der Waals surface area contributed by atoms with Gasteiger partial charge in [-0.15, -0.1) is 0 Å². The van der Waals surface area contributed by atoms with Crippen LogP contribution in [0.5, 0.6) is 0 Å². The van der Waals surface area contributed by atoms with Crippen LogP contribution in [-0.4, -0.2) is 22.1 Å². The van der Waals surface area contributed by atoms with E-state index in [1.165, 1.54) is 18.6 Å². The van der Waals surface area contributed by atoms with Crippen LogP contribution in [0, 0.1) is 5.92 Å². The van der Waals surface area contributed by atoms with Crippen molar-refractivity contribution in [2.75, 3.05) is 0 Å². The first kappa shape index (κ1) is 14.6. The molecule has 3 rings (SSSR count). The van der Waals surface area contributed by atoms with Crippen molar-refractivity contribution in [3.8, 4) is 0 Å². The number of H-pyrrole nitrogens is 2. The highest BCUT2D eigenvalue weighted by Gasteiger charge is 2.23. The molecule has 0 bridgehead atoms. The van der Waals surface area contributed by atoms with Gasteiger partial charge in [-0.2, -0.15) is 0 Å². The lowest BCUT2D eigenvalue weighted by Crippen LogP contribution is -2.41. The number of benzene rings is 1. The maximum absolute atomic E-state index is 12.4. The fraction of sp³-hybridized carbons (Fsp3) is 0.438. The lowest BCUT2D eigenvalue weighted by molar-refractivity contribution is 0.0910. The van der Waals surface area contributed by atoms with Gasteiger partial charge < -0.3 is 5.32 Å². The van der Waals surface area contributed by atoms with Crippen LogP contribution in [0.25, 0.3) is 10.8 Å². The Morgan fingerprint density at radius 3 is 2.50 bits per heavy atom. The first-order valence-corrected chi connectivity index (χ1v) is 7.62. The molecule has 1 heterocycles. The Morgan fingerprint density at radius 2 is 1.77 bits per heavy atom. The number of aromatic nitrogens is 2. The summed E-state index contributed by atoms with van der Waals surface area (Å²) in [5.41, 5.74) is -0.376. The molecule has 2 unspecified atom stereocenters. The molecular weight excluding hydrogens is 282 g/mol. The molecule has 0 aliphatic heterocycles. The third kappa shape index (κ3) is 2.68. The second-order valence-corrected chi connectivity index (χ2v) is 6.01. The van der Waals surface area contributed by atoms with Gasteiger partial charge in [-0.25, -0.2) is 0 Å². The van der Waals surface area contributed by atoms with Gasteiger partial charge in [-0.1, -0.05) is 19.8 Å². The van der Waals surface area contributed by atoms with Crippen LogP contribution in [-0.2, 0) is 0 Å². The summed E-state index contributed by atoms with van der Waals surface area (Å²) in [7, 11) is 0. The molecule has 1 saturated carbocycles. The molecule has 1 aliphatic rings. The van der Waals surface area contributed by atoms with E-state index in [0.717, 1.165) is 19.3 Å². The molecule has 3 N–H and O–H groups in total. The Kier molecular flexibility index (Phi) is 3.83. The highest BCUT2D eigenvalue weighted by atomic mass is 16.2. The van der Waals surface area contributed by atoms with Crippen LogP contribution in [0.3, 0.4) is 0 Å². The minimum absolute atomic E-state index is 0.175. The molecule has 22 heavy (non-hydrogen) atoms. The Morgan fingerprint density at radius 1 is 1.09 bits per heavy atom. The molecule has 6 heteroatoms. The molecule has 2 atom stereocenters. The molecule has 1 fully saturated rings. The van der Waals surface area contributed by atoms with Gasteiger partial charge in [0.15, 0.2) is 0 Å². The molecule has 0 spiro atoms. The maximum atomic E-state index is 12.4. The van der Waals surface area contributed by atoms with Crippen molar-refractivity contribution in [3.63, 3.8) is 0 Å². The Hall–Kier alpha value is -2.37. The number of hydrogen-bond acceptors (Lipinski definition) is 3. The number of nitrogens with one attached hydrogen (secondary N) is 3. The molecule has 116 valence electrons. The number of aromatic amines is 2. The summed E-state index contributed by atoms with van der Waals surface area (Å²) >= 11 is 0. The molecule has 0 saturated heterocycles. The van der Waals surface area contributed by atoms with Crippen molar-refractivity contribution < 1.29 is 4.79 Å². The second kappa shape index (κ2) is 5.79. The quantitative estimate of drug-likeness (QED) is 0.785. The molecule has 1 aliphatic carbocycles. The van der Waals surface area contributed by atoms with Crippen LogP contribution >= 0.6 is 0 Å². The van der Waals surface area contributed by atoms with E-state index in [2.05, 4.69) is 22.4 Å². The van der Waals surface area contributed by atoms with Gasteiger partial charge in [0.05, 0.1) is 10.8 Å². The zero-order valence-corrected chi connectivity index (χ0v) is 12.4. The van der Waals surface area contributed by atoms with Gasteiger partial charge in [0, 0.05) is 11.6 Å². The predicted molar refractivity (Wildman–Crippen MR) is 84.1 cm³/mol.